The van der Waals surface area contributed by atoms with Crippen LogP contribution in [0.25, 0.3) is 0 Å². The highest BCUT2D eigenvalue weighted by Gasteiger charge is 2.21. The summed E-state index contributed by atoms with van der Waals surface area (Å²) in [6.07, 6.45) is 0.180. The topological polar surface area (TPSA) is 61.7 Å². The lowest BCUT2D eigenvalue weighted by atomic mass is 10.0. The molecule has 0 aliphatic heterocycles. The second-order valence-corrected chi connectivity index (χ2v) is 5.79. The van der Waals surface area contributed by atoms with Gasteiger partial charge in [0.05, 0.1) is 6.61 Å². The van der Waals surface area contributed by atoms with Gasteiger partial charge in [0.15, 0.2) is 0 Å². The number of aliphatic hydroxyl groups excluding tert-OH is 2. The molecule has 0 fully saturated rings. The van der Waals surface area contributed by atoms with Crippen molar-refractivity contribution in [2.24, 2.45) is 0 Å². The molecule has 0 saturated heterocycles. The van der Waals surface area contributed by atoms with Crippen LogP contribution in [-0.4, -0.2) is 41.6 Å². The zero-order valence-corrected chi connectivity index (χ0v) is 13.0. The first-order valence-corrected chi connectivity index (χ1v) is 7.20. The van der Waals surface area contributed by atoms with Gasteiger partial charge in [-0.05, 0) is 31.5 Å². The van der Waals surface area contributed by atoms with Gasteiger partial charge >= 0.3 is 0 Å². The molecule has 0 aliphatic rings. The lowest BCUT2D eigenvalue weighted by Crippen LogP contribution is -2.49. The van der Waals surface area contributed by atoms with Crippen molar-refractivity contribution in [3.05, 3.63) is 28.7 Å². The van der Waals surface area contributed by atoms with E-state index >= 15 is 0 Å². The first-order chi connectivity index (χ1) is 8.99. The normalized spacial score (nSPS) is 15.8. The Balaban J connectivity index is 2.34. The molecular weight excluding hydrogens is 310 g/mol. The van der Waals surface area contributed by atoms with Gasteiger partial charge in [-0.1, -0.05) is 28.9 Å². The Labute approximate surface area is 122 Å². The minimum absolute atomic E-state index is 0.0444. The van der Waals surface area contributed by atoms with Gasteiger partial charge in [0.1, 0.15) is 18.5 Å². The molecule has 0 heterocycles. The van der Waals surface area contributed by atoms with Crippen molar-refractivity contribution in [2.45, 2.75) is 31.9 Å². The Morgan fingerprint density at radius 3 is 2.79 bits per heavy atom. The van der Waals surface area contributed by atoms with Crippen molar-refractivity contribution in [3.63, 3.8) is 0 Å². The quantitative estimate of drug-likeness (QED) is 0.681. The lowest BCUT2D eigenvalue weighted by Gasteiger charge is -2.28. The van der Waals surface area contributed by atoms with Gasteiger partial charge in [-0.25, -0.2) is 0 Å². The summed E-state index contributed by atoms with van der Waals surface area (Å²) >= 11 is 3.36. The highest BCUT2D eigenvalue weighted by Crippen LogP contribution is 2.17. The van der Waals surface area contributed by atoms with Crippen LogP contribution < -0.4 is 10.1 Å². The molecule has 4 nitrogen and oxygen atoms in total. The van der Waals surface area contributed by atoms with Crippen LogP contribution >= 0.6 is 15.9 Å². The lowest BCUT2D eigenvalue weighted by molar-refractivity contribution is 0.0866. The summed E-state index contributed by atoms with van der Waals surface area (Å²) < 4.78 is 6.44. The summed E-state index contributed by atoms with van der Waals surface area (Å²) in [4.78, 5) is 0. The van der Waals surface area contributed by atoms with Crippen LogP contribution in [0.5, 0.6) is 5.75 Å². The molecule has 3 N–H and O–H groups in total. The molecule has 1 aromatic carbocycles. The summed E-state index contributed by atoms with van der Waals surface area (Å²) in [7, 11) is 0. The molecule has 0 bridgehead atoms. The molecule has 0 saturated carbocycles. The molecule has 0 aliphatic carbocycles. The highest BCUT2D eigenvalue weighted by atomic mass is 79.9. The standard InChI is InChI=1S/C14H22BrNO3/c1-3-14(2,10-17)16-8-12(18)9-19-13-6-4-5-11(15)7-13/h4-7,12,16-18H,3,8-10H2,1-2H3. The molecule has 108 valence electrons. The van der Waals surface area contributed by atoms with Crippen molar-refractivity contribution in [2.75, 3.05) is 19.8 Å². The van der Waals surface area contributed by atoms with Gasteiger partial charge in [-0.2, -0.15) is 0 Å². The van der Waals surface area contributed by atoms with E-state index in [4.69, 9.17) is 4.74 Å². The molecule has 2 atom stereocenters. The Bertz CT molecular complexity index is 383. The maximum absolute atomic E-state index is 9.85. The van der Waals surface area contributed by atoms with Gasteiger partial charge in [0.25, 0.3) is 0 Å². The Kier molecular flexibility index (Phi) is 6.79. The van der Waals surface area contributed by atoms with Gasteiger partial charge in [-0.15, -0.1) is 0 Å². The Morgan fingerprint density at radius 1 is 1.47 bits per heavy atom. The number of hydrogen-bond donors (Lipinski definition) is 3. The van der Waals surface area contributed by atoms with E-state index in [0.717, 1.165) is 10.9 Å². The van der Waals surface area contributed by atoms with Crippen molar-refractivity contribution in [1.82, 2.24) is 5.32 Å². The molecule has 1 rings (SSSR count). The number of halogens is 1. The van der Waals surface area contributed by atoms with E-state index in [9.17, 15) is 10.2 Å². The summed E-state index contributed by atoms with van der Waals surface area (Å²) in [6.45, 7) is 4.57. The largest absolute Gasteiger partial charge is 0.491 e. The molecule has 0 amide bonds. The van der Waals surface area contributed by atoms with Crippen LogP contribution in [0.2, 0.25) is 0 Å². The van der Waals surface area contributed by atoms with Crippen LogP contribution in [0.1, 0.15) is 20.3 Å². The van der Waals surface area contributed by atoms with Crippen LogP contribution in [0.3, 0.4) is 0 Å². The fourth-order valence-corrected chi connectivity index (χ4v) is 1.84. The molecule has 1 aromatic rings. The van der Waals surface area contributed by atoms with E-state index in [0.29, 0.717) is 12.3 Å². The predicted molar refractivity (Wildman–Crippen MR) is 79.4 cm³/mol. The minimum Gasteiger partial charge on any atom is -0.491 e. The summed E-state index contributed by atoms with van der Waals surface area (Å²) in [5.74, 6) is 0.717. The average molecular weight is 332 g/mol. The third-order valence-corrected chi connectivity index (χ3v) is 3.63. The average Bonchev–Trinajstić information content (AvgIpc) is 2.42. The minimum atomic E-state index is -0.614. The van der Waals surface area contributed by atoms with E-state index in [-0.39, 0.29) is 18.8 Å². The maximum atomic E-state index is 9.85. The van der Waals surface area contributed by atoms with Crippen molar-refractivity contribution in [1.29, 1.82) is 0 Å². The van der Waals surface area contributed by atoms with E-state index in [1.165, 1.54) is 0 Å². The fraction of sp³-hybridized carbons (Fsp3) is 0.571. The van der Waals surface area contributed by atoms with Gasteiger partial charge in [0, 0.05) is 16.6 Å². The molecule has 0 radical (unpaired) electrons. The number of benzene rings is 1. The van der Waals surface area contributed by atoms with E-state index < -0.39 is 6.10 Å². The molecule has 2 unspecified atom stereocenters. The Hall–Kier alpha value is -0.620. The van der Waals surface area contributed by atoms with E-state index in [1.807, 2.05) is 38.1 Å². The molecule has 19 heavy (non-hydrogen) atoms. The molecule has 0 spiro atoms. The summed E-state index contributed by atoms with van der Waals surface area (Å²) in [5.41, 5.74) is -0.350. The third-order valence-electron chi connectivity index (χ3n) is 3.13. The fourth-order valence-electron chi connectivity index (χ4n) is 1.47. The van der Waals surface area contributed by atoms with Gasteiger partial charge in [-0.3, -0.25) is 0 Å². The van der Waals surface area contributed by atoms with Crippen molar-refractivity contribution >= 4 is 15.9 Å². The number of nitrogens with one attached hydrogen (secondary N) is 1. The maximum Gasteiger partial charge on any atom is 0.120 e. The second kappa shape index (κ2) is 7.85. The van der Waals surface area contributed by atoms with E-state index in [2.05, 4.69) is 21.2 Å². The summed E-state index contributed by atoms with van der Waals surface area (Å²) in [5, 5.41) is 22.3. The van der Waals surface area contributed by atoms with Crippen LogP contribution in [0, 0.1) is 0 Å². The Morgan fingerprint density at radius 2 is 2.21 bits per heavy atom. The zero-order chi connectivity index (χ0) is 14.3. The first-order valence-electron chi connectivity index (χ1n) is 6.41. The zero-order valence-electron chi connectivity index (χ0n) is 11.4. The van der Waals surface area contributed by atoms with Gasteiger partial charge in [0.2, 0.25) is 0 Å². The second-order valence-electron chi connectivity index (χ2n) is 4.88. The number of β-amino-alcohol motifs (C(OH)–C–C–N with tert-alkyl or cyclic N) is 1. The number of ether oxygens (including phenoxy) is 1. The van der Waals surface area contributed by atoms with Crippen molar-refractivity contribution in [3.8, 4) is 5.75 Å². The first kappa shape index (κ1) is 16.4. The number of rotatable bonds is 8. The third kappa shape index (κ3) is 5.91. The van der Waals surface area contributed by atoms with Crippen LogP contribution in [0.4, 0.5) is 0 Å². The van der Waals surface area contributed by atoms with Crippen LogP contribution in [0.15, 0.2) is 28.7 Å². The molecule has 5 heteroatoms. The number of aliphatic hydroxyl groups is 2. The SMILES string of the molecule is CCC(C)(CO)NCC(O)COc1cccc(Br)c1. The predicted octanol–water partition coefficient (Wildman–Crippen LogP) is 1.94. The van der Waals surface area contributed by atoms with E-state index in [1.54, 1.807) is 0 Å². The number of hydrogen-bond acceptors (Lipinski definition) is 4. The smallest absolute Gasteiger partial charge is 0.120 e. The van der Waals surface area contributed by atoms with Gasteiger partial charge < -0.3 is 20.3 Å². The summed E-state index contributed by atoms with van der Waals surface area (Å²) in [6, 6.07) is 7.49. The highest BCUT2D eigenvalue weighted by molar-refractivity contribution is 9.10. The molecule has 0 aromatic heterocycles. The van der Waals surface area contributed by atoms with Crippen molar-refractivity contribution < 1.29 is 14.9 Å². The molecular formula is C14H22BrNO3. The monoisotopic (exact) mass is 331 g/mol. The van der Waals surface area contributed by atoms with Crippen LogP contribution in [-0.2, 0) is 0 Å².